The molecule has 3 unspecified atom stereocenters. The molecule has 0 bridgehead atoms. The van der Waals surface area contributed by atoms with Crippen molar-refractivity contribution in [1.82, 2.24) is 0 Å². The fourth-order valence-corrected chi connectivity index (χ4v) is 13.5. The van der Waals surface area contributed by atoms with Gasteiger partial charge in [-0.15, -0.1) is 0 Å². The van der Waals surface area contributed by atoms with Crippen LogP contribution in [0.15, 0.2) is 164 Å². The predicted octanol–water partition coefficient (Wildman–Crippen LogP) is 14.1. The van der Waals surface area contributed by atoms with Gasteiger partial charge in [0.2, 0.25) is 0 Å². The van der Waals surface area contributed by atoms with Crippen LogP contribution in [-0.2, 0) is 10.8 Å². The van der Waals surface area contributed by atoms with Crippen LogP contribution in [0.25, 0.3) is 55.3 Å². The second-order valence-corrected chi connectivity index (χ2v) is 20.0. The smallest absolute Gasteiger partial charge is 0.329 e. The Morgan fingerprint density at radius 1 is 0.508 bits per heavy atom. The lowest BCUT2D eigenvalue weighted by molar-refractivity contribution is 0.0602. The third kappa shape index (κ3) is 4.74. The largest absolute Gasteiger partial charge is 0.376 e. The van der Waals surface area contributed by atoms with Gasteiger partial charge in [-0.05, 0) is 149 Å². The molecule has 3 aliphatic carbocycles. The van der Waals surface area contributed by atoms with Crippen LogP contribution in [0, 0.1) is 5.41 Å². The monoisotopic (exact) mass is 783 g/mol. The number of nitrogens with zero attached hydrogens (tertiary/aromatic N) is 1. The van der Waals surface area contributed by atoms with E-state index < -0.39 is 0 Å². The van der Waals surface area contributed by atoms with Crippen LogP contribution < -0.4 is 15.7 Å². The summed E-state index contributed by atoms with van der Waals surface area (Å²) in [6, 6.07) is 62.9. The van der Waals surface area contributed by atoms with Crippen molar-refractivity contribution in [1.29, 1.82) is 0 Å². The number of benzene rings is 8. The number of hydrogen-bond acceptors (Lipinski definition) is 1. The summed E-state index contributed by atoms with van der Waals surface area (Å²) < 4.78 is 0. The number of fused-ring (bicyclic) bond motifs is 11. The third-order valence-electron chi connectivity index (χ3n) is 16.7. The Morgan fingerprint density at radius 2 is 1.15 bits per heavy atom. The van der Waals surface area contributed by atoms with E-state index in [1.807, 2.05) is 0 Å². The van der Waals surface area contributed by atoms with Crippen LogP contribution >= 0.6 is 0 Å². The van der Waals surface area contributed by atoms with Crippen molar-refractivity contribution >= 4 is 39.9 Å². The van der Waals surface area contributed by atoms with Crippen molar-refractivity contribution in [3.8, 4) is 44.5 Å². The minimum absolute atomic E-state index is 0.00346. The second-order valence-electron chi connectivity index (χ2n) is 20.0. The quantitative estimate of drug-likeness (QED) is 0.161. The van der Waals surface area contributed by atoms with Gasteiger partial charge in [-0.2, -0.15) is 0 Å². The SMILES string of the molecule is CC1(C)c2ccccc2-c2cc3c4c(c21)C1CC2(C)CCCCC2(C)c2cc(-c5ccccc5)cc(c21)B4N(c1ccc(-c2ccccc2)cc1)c1cc2ccccc2cc1-3. The molecule has 3 atom stereocenters. The first-order valence-electron chi connectivity index (χ1n) is 22.8. The number of hydrogen-bond donors (Lipinski definition) is 0. The second kappa shape index (κ2) is 12.5. The Hall–Kier alpha value is -6.12. The summed E-state index contributed by atoms with van der Waals surface area (Å²) in [5.74, 6) is 0.309. The molecule has 2 heterocycles. The minimum atomic E-state index is -0.136. The van der Waals surface area contributed by atoms with Crippen molar-refractivity contribution in [2.24, 2.45) is 5.41 Å². The molecule has 5 aliphatic rings. The summed E-state index contributed by atoms with van der Waals surface area (Å²) >= 11 is 0. The molecule has 0 radical (unpaired) electrons. The van der Waals surface area contributed by atoms with Gasteiger partial charge < -0.3 is 4.81 Å². The van der Waals surface area contributed by atoms with Crippen LogP contribution in [0.1, 0.15) is 93.5 Å². The first kappa shape index (κ1) is 35.6. The van der Waals surface area contributed by atoms with Crippen LogP contribution in [0.3, 0.4) is 0 Å². The third-order valence-corrected chi connectivity index (χ3v) is 16.7. The van der Waals surface area contributed by atoms with Crippen molar-refractivity contribution in [3.63, 3.8) is 0 Å². The number of anilines is 2. The van der Waals surface area contributed by atoms with Crippen LogP contribution in [0.4, 0.5) is 11.4 Å². The van der Waals surface area contributed by atoms with E-state index in [2.05, 4.69) is 196 Å². The molecule has 0 amide bonds. The van der Waals surface area contributed by atoms with Gasteiger partial charge in [-0.1, -0.05) is 174 Å². The van der Waals surface area contributed by atoms with E-state index in [1.54, 1.807) is 22.3 Å². The van der Waals surface area contributed by atoms with Crippen LogP contribution in [0.5, 0.6) is 0 Å². The maximum Gasteiger partial charge on any atom is 0.329 e. The summed E-state index contributed by atoms with van der Waals surface area (Å²) in [5, 5.41) is 2.57. The molecule has 1 saturated carbocycles. The molecule has 61 heavy (non-hydrogen) atoms. The Morgan fingerprint density at radius 3 is 1.90 bits per heavy atom. The Labute approximate surface area is 361 Å². The van der Waals surface area contributed by atoms with Crippen LogP contribution in [-0.4, -0.2) is 6.85 Å². The minimum Gasteiger partial charge on any atom is -0.376 e. The number of rotatable bonds is 3. The topological polar surface area (TPSA) is 3.24 Å². The lowest BCUT2D eigenvalue weighted by atomic mass is 9.35. The molecule has 8 aromatic rings. The molecule has 2 heteroatoms. The summed E-state index contributed by atoms with van der Waals surface area (Å²) in [6.45, 7) is 10.4. The van der Waals surface area contributed by atoms with Crippen molar-refractivity contribution in [2.45, 2.75) is 76.5 Å². The summed E-state index contributed by atoms with van der Waals surface area (Å²) in [7, 11) is 0. The van der Waals surface area contributed by atoms with E-state index in [4.69, 9.17) is 0 Å². The summed E-state index contributed by atoms with van der Waals surface area (Å²) in [5.41, 5.74) is 24.4. The summed E-state index contributed by atoms with van der Waals surface area (Å²) in [6.07, 6.45) is 6.32. The van der Waals surface area contributed by atoms with Crippen LogP contribution in [0.2, 0.25) is 0 Å². The molecule has 0 N–H and O–H groups in total. The molecule has 0 saturated heterocycles. The maximum atomic E-state index is 2.77. The maximum absolute atomic E-state index is 2.77. The van der Waals surface area contributed by atoms with E-state index in [0.717, 1.165) is 0 Å². The molecule has 0 aromatic heterocycles. The molecule has 2 aliphatic heterocycles. The van der Waals surface area contributed by atoms with Crippen molar-refractivity contribution in [3.05, 3.63) is 192 Å². The van der Waals surface area contributed by atoms with Gasteiger partial charge in [0.05, 0.1) is 0 Å². The normalized spacial score (nSPS) is 22.1. The Bertz CT molecular complexity index is 3130. The molecule has 1 nitrogen and oxygen atoms in total. The summed E-state index contributed by atoms with van der Waals surface area (Å²) in [4.78, 5) is 2.77. The van der Waals surface area contributed by atoms with Crippen molar-refractivity contribution in [2.75, 3.05) is 4.81 Å². The van der Waals surface area contributed by atoms with Crippen molar-refractivity contribution < 1.29 is 0 Å². The molecular weight excluding hydrogens is 733 g/mol. The first-order valence-corrected chi connectivity index (χ1v) is 22.8. The van der Waals surface area contributed by atoms with Gasteiger partial charge >= 0.3 is 6.85 Å². The first-order chi connectivity index (χ1) is 29.7. The van der Waals surface area contributed by atoms with E-state index in [1.165, 1.54) is 115 Å². The van der Waals surface area contributed by atoms with Gasteiger partial charge in [0, 0.05) is 28.3 Å². The lowest BCUT2D eigenvalue weighted by Crippen LogP contribution is -2.65. The molecule has 8 aromatic carbocycles. The lowest BCUT2D eigenvalue weighted by Gasteiger charge is -2.59. The molecular formula is C59H50BN. The Kier molecular flexibility index (Phi) is 7.29. The Balaban J connectivity index is 1.19. The molecule has 1 fully saturated rings. The van der Waals surface area contributed by atoms with E-state index in [-0.39, 0.29) is 23.1 Å². The molecule has 0 spiro atoms. The van der Waals surface area contributed by atoms with E-state index >= 15 is 0 Å². The highest BCUT2D eigenvalue weighted by Crippen LogP contribution is 2.65. The molecule has 13 rings (SSSR count). The van der Waals surface area contributed by atoms with Gasteiger partial charge in [0.25, 0.3) is 0 Å². The molecule has 294 valence electrons. The van der Waals surface area contributed by atoms with E-state index in [9.17, 15) is 0 Å². The van der Waals surface area contributed by atoms with E-state index in [0.29, 0.717) is 5.92 Å². The highest BCUT2D eigenvalue weighted by Gasteiger charge is 2.58. The standard InChI is InChI=1S/C59H50BN/c1-57(2)49-24-14-13-23-44(49)46-35-47-45-31-40-21-11-12-22-41(40)34-52(45)61(43-27-25-39(26-28-43)37-17-7-5-8-18-37)60-51-33-42(38-19-9-6-10-20-38)32-50-53(51)48(54(55(46)57)56(47)60)36-58(3)29-15-16-30-59(50,58)4/h5-14,17-28,31-35,48H,15-16,29-30,36H2,1-4H3. The fraction of sp³-hybridized carbons (Fsp3) is 0.220. The highest BCUT2D eigenvalue weighted by atomic mass is 15.1. The van der Waals surface area contributed by atoms with Gasteiger partial charge in [0.15, 0.2) is 0 Å². The average Bonchev–Trinajstić information content (AvgIpc) is 3.53. The zero-order valence-corrected chi connectivity index (χ0v) is 35.7. The zero-order chi connectivity index (χ0) is 40.8. The fourth-order valence-electron chi connectivity index (χ4n) is 13.5. The highest BCUT2D eigenvalue weighted by molar-refractivity contribution is 6.92. The van der Waals surface area contributed by atoms with Gasteiger partial charge in [-0.3, -0.25) is 0 Å². The van der Waals surface area contributed by atoms with Gasteiger partial charge in [-0.25, -0.2) is 0 Å². The predicted molar refractivity (Wildman–Crippen MR) is 258 cm³/mol. The van der Waals surface area contributed by atoms with Gasteiger partial charge in [0.1, 0.15) is 0 Å². The average molecular weight is 784 g/mol. The zero-order valence-electron chi connectivity index (χ0n) is 35.7.